The van der Waals surface area contributed by atoms with Crippen LogP contribution in [0.25, 0.3) is 0 Å². The van der Waals surface area contributed by atoms with Crippen LogP contribution in [0.2, 0.25) is 0 Å². The van der Waals surface area contributed by atoms with Gasteiger partial charge in [-0.15, -0.1) is 0 Å². The number of alkyl halides is 3. The van der Waals surface area contributed by atoms with Crippen LogP contribution in [-0.4, -0.2) is 12.5 Å². The van der Waals surface area contributed by atoms with Crippen molar-refractivity contribution in [2.75, 3.05) is 11.9 Å². The average Bonchev–Trinajstić information content (AvgIpc) is 2.94. The molecule has 0 amide bonds. The first-order valence-corrected chi connectivity index (χ1v) is 6.70. The van der Waals surface area contributed by atoms with Crippen molar-refractivity contribution < 1.29 is 22.7 Å². The maximum Gasteiger partial charge on any atom is 0.416 e. The molecule has 0 unspecified atom stereocenters. The molecule has 3 nitrogen and oxygen atoms in total. The van der Waals surface area contributed by atoms with Crippen molar-refractivity contribution in [2.45, 2.75) is 12.6 Å². The van der Waals surface area contributed by atoms with Crippen LogP contribution in [0, 0.1) is 0 Å². The molecule has 2 aromatic carbocycles. The molecule has 0 fully saturated rings. The minimum Gasteiger partial charge on any atom is -0.423 e. The van der Waals surface area contributed by atoms with Crippen molar-refractivity contribution in [3.63, 3.8) is 0 Å². The van der Waals surface area contributed by atoms with E-state index in [0.717, 1.165) is 30.7 Å². The van der Waals surface area contributed by atoms with E-state index in [1.54, 1.807) is 12.1 Å². The maximum absolute atomic E-state index is 12.7. The Morgan fingerprint density at radius 1 is 1.14 bits per heavy atom. The summed E-state index contributed by atoms with van der Waals surface area (Å²) < 4.78 is 43.1. The van der Waals surface area contributed by atoms with Gasteiger partial charge in [0.2, 0.25) is 0 Å². The van der Waals surface area contributed by atoms with Crippen molar-refractivity contribution in [3.05, 3.63) is 59.2 Å². The van der Waals surface area contributed by atoms with Crippen molar-refractivity contribution >= 4 is 11.7 Å². The lowest BCUT2D eigenvalue weighted by molar-refractivity contribution is -0.137. The van der Waals surface area contributed by atoms with E-state index in [2.05, 4.69) is 5.32 Å². The Balaban J connectivity index is 1.85. The summed E-state index contributed by atoms with van der Waals surface area (Å²) in [4.78, 5) is 12.2. The fourth-order valence-electron chi connectivity index (χ4n) is 2.41. The van der Waals surface area contributed by atoms with Crippen LogP contribution in [-0.2, 0) is 12.6 Å². The molecule has 0 bridgehead atoms. The Morgan fingerprint density at radius 3 is 2.68 bits per heavy atom. The third kappa shape index (κ3) is 2.77. The van der Waals surface area contributed by atoms with Gasteiger partial charge in [-0.1, -0.05) is 18.2 Å². The molecular formula is C16H12F3NO2. The summed E-state index contributed by atoms with van der Waals surface area (Å²) in [5.41, 5.74) is 1.17. The number of nitrogens with one attached hydrogen (secondary N) is 1. The molecule has 1 aliphatic heterocycles. The maximum atomic E-state index is 12.7. The lowest BCUT2D eigenvalue weighted by atomic mass is 10.1. The van der Waals surface area contributed by atoms with Crippen molar-refractivity contribution in [1.29, 1.82) is 0 Å². The fourth-order valence-corrected chi connectivity index (χ4v) is 2.41. The summed E-state index contributed by atoms with van der Waals surface area (Å²) in [5.74, 6) is -0.805. The van der Waals surface area contributed by atoms with Crippen LogP contribution in [0.15, 0.2) is 42.5 Å². The zero-order chi connectivity index (χ0) is 15.7. The first kappa shape index (κ1) is 14.4. The van der Waals surface area contributed by atoms with Crippen LogP contribution in [0.5, 0.6) is 5.75 Å². The Kier molecular flexibility index (Phi) is 3.52. The van der Waals surface area contributed by atoms with E-state index in [-0.39, 0.29) is 5.75 Å². The first-order chi connectivity index (χ1) is 10.4. The van der Waals surface area contributed by atoms with E-state index in [0.29, 0.717) is 11.3 Å². The van der Waals surface area contributed by atoms with Gasteiger partial charge in [0.05, 0.1) is 16.8 Å². The average molecular weight is 307 g/mol. The molecule has 3 rings (SSSR count). The van der Waals surface area contributed by atoms with Gasteiger partial charge < -0.3 is 10.1 Å². The summed E-state index contributed by atoms with van der Waals surface area (Å²) >= 11 is 0. The minimum absolute atomic E-state index is 0.129. The van der Waals surface area contributed by atoms with E-state index in [1.165, 1.54) is 12.1 Å². The number of ether oxygens (including phenoxy) is 1. The zero-order valence-electron chi connectivity index (χ0n) is 11.4. The highest BCUT2D eigenvalue weighted by atomic mass is 19.4. The second kappa shape index (κ2) is 5.36. The molecule has 1 heterocycles. The number of carbonyl (C=O) groups is 1. The van der Waals surface area contributed by atoms with E-state index in [4.69, 9.17) is 4.74 Å². The molecule has 22 heavy (non-hydrogen) atoms. The third-order valence-electron chi connectivity index (χ3n) is 3.44. The highest BCUT2D eigenvalue weighted by Crippen LogP contribution is 2.32. The van der Waals surface area contributed by atoms with E-state index >= 15 is 0 Å². The molecule has 1 aliphatic rings. The number of rotatable bonds is 2. The van der Waals surface area contributed by atoms with E-state index in [9.17, 15) is 18.0 Å². The van der Waals surface area contributed by atoms with Gasteiger partial charge in [0, 0.05) is 6.54 Å². The molecule has 1 N–H and O–H groups in total. The summed E-state index contributed by atoms with van der Waals surface area (Å²) in [6, 6.07) is 9.49. The lowest BCUT2D eigenvalue weighted by Gasteiger charge is -2.11. The second-order valence-corrected chi connectivity index (χ2v) is 4.93. The highest BCUT2D eigenvalue weighted by Gasteiger charge is 2.31. The molecule has 2 aromatic rings. The number of esters is 1. The summed E-state index contributed by atoms with van der Waals surface area (Å²) in [6.07, 6.45) is -3.67. The quantitative estimate of drug-likeness (QED) is 0.675. The molecule has 0 atom stereocenters. The van der Waals surface area contributed by atoms with Crippen LogP contribution in [0.4, 0.5) is 18.9 Å². The molecular weight excluding hydrogens is 295 g/mol. The predicted molar refractivity (Wildman–Crippen MR) is 75.0 cm³/mol. The molecule has 0 aromatic heterocycles. The van der Waals surface area contributed by atoms with Crippen LogP contribution >= 0.6 is 0 Å². The molecule has 0 radical (unpaired) electrons. The molecule has 0 saturated heterocycles. The molecule has 114 valence electrons. The van der Waals surface area contributed by atoms with Crippen molar-refractivity contribution in [1.82, 2.24) is 0 Å². The normalized spacial score (nSPS) is 13.4. The van der Waals surface area contributed by atoms with Crippen molar-refractivity contribution in [3.8, 4) is 5.75 Å². The number of fused-ring (bicyclic) bond motifs is 1. The molecule has 0 aliphatic carbocycles. The van der Waals surface area contributed by atoms with Crippen LogP contribution in [0.1, 0.15) is 21.5 Å². The Labute approximate surface area is 124 Å². The second-order valence-electron chi connectivity index (χ2n) is 4.93. The SMILES string of the molecule is O=C(Oc1cccc(C(F)(F)F)c1)c1cccc2c1NCC2. The summed E-state index contributed by atoms with van der Waals surface area (Å²) in [7, 11) is 0. The van der Waals surface area contributed by atoms with Gasteiger partial charge in [-0.3, -0.25) is 0 Å². The number of benzene rings is 2. The lowest BCUT2D eigenvalue weighted by Crippen LogP contribution is -2.12. The smallest absolute Gasteiger partial charge is 0.416 e. The fraction of sp³-hybridized carbons (Fsp3) is 0.188. The Morgan fingerprint density at radius 2 is 1.91 bits per heavy atom. The van der Waals surface area contributed by atoms with Gasteiger partial charge in [0.25, 0.3) is 0 Å². The number of carbonyl (C=O) groups excluding carboxylic acids is 1. The predicted octanol–water partition coefficient (Wildman–Crippen LogP) is 3.89. The van der Waals surface area contributed by atoms with Gasteiger partial charge in [-0.25, -0.2) is 4.79 Å². The largest absolute Gasteiger partial charge is 0.423 e. The minimum atomic E-state index is -4.47. The number of anilines is 1. The standard InChI is InChI=1S/C16H12F3NO2/c17-16(18,19)11-4-2-5-12(9-11)22-15(21)13-6-1-3-10-7-8-20-14(10)13/h1-6,9,20H,7-8H2. The van der Waals surface area contributed by atoms with Gasteiger partial charge in [-0.05, 0) is 36.2 Å². The van der Waals surface area contributed by atoms with E-state index in [1.807, 2.05) is 6.07 Å². The summed E-state index contributed by atoms with van der Waals surface area (Å²) in [5, 5.41) is 3.09. The molecule has 0 saturated carbocycles. The number of hydrogen-bond donors (Lipinski definition) is 1. The number of para-hydroxylation sites is 1. The number of hydrogen-bond acceptors (Lipinski definition) is 3. The van der Waals surface area contributed by atoms with Gasteiger partial charge in [0.15, 0.2) is 0 Å². The van der Waals surface area contributed by atoms with Crippen LogP contribution in [0.3, 0.4) is 0 Å². The Hall–Kier alpha value is -2.50. The topological polar surface area (TPSA) is 38.3 Å². The third-order valence-corrected chi connectivity index (χ3v) is 3.44. The summed E-state index contributed by atoms with van der Waals surface area (Å²) in [6.45, 7) is 0.725. The van der Waals surface area contributed by atoms with Gasteiger partial charge in [0.1, 0.15) is 5.75 Å². The van der Waals surface area contributed by atoms with Gasteiger partial charge in [-0.2, -0.15) is 13.2 Å². The Bertz CT molecular complexity index is 726. The van der Waals surface area contributed by atoms with Crippen LogP contribution < -0.4 is 10.1 Å². The van der Waals surface area contributed by atoms with Crippen molar-refractivity contribution in [2.24, 2.45) is 0 Å². The molecule has 6 heteroatoms. The number of halogens is 3. The molecule has 0 spiro atoms. The first-order valence-electron chi connectivity index (χ1n) is 6.70. The van der Waals surface area contributed by atoms with E-state index < -0.39 is 17.7 Å². The highest BCUT2D eigenvalue weighted by molar-refractivity contribution is 5.98. The monoisotopic (exact) mass is 307 g/mol. The zero-order valence-corrected chi connectivity index (χ0v) is 11.4. The van der Waals surface area contributed by atoms with Gasteiger partial charge >= 0.3 is 12.1 Å².